The van der Waals surface area contributed by atoms with Crippen molar-refractivity contribution >= 4 is 27.6 Å². The molecule has 0 aliphatic carbocycles. The van der Waals surface area contributed by atoms with E-state index < -0.39 is 16.0 Å². The molecule has 1 aliphatic heterocycles. The number of esters is 1. The molecule has 23 heavy (non-hydrogen) atoms. The van der Waals surface area contributed by atoms with E-state index in [1.807, 2.05) is 6.92 Å². The molecule has 0 bridgehead atoms. The zero-order valence-corrected chi connectivity index (χ0v) is 14.7. The van der Waals surface area contributed by atoms with Gasteiger partial charge >= 0.3 is 5.97 Å². The number of hydrogen-bond donors (Lipinski definition) is 1. The Kier molecular flexibility index (Phi) is 5.67. The number of benzene rings is 1. The van der Waals surface area contributed by atoms with Crippen molar-refractivity contribution in [2.75, 3.05) is 20.2 Å². The van der Waals surface area contributed by atoms with Crippen LogP contribution in [0.15, 0.2) is 23.1 Å². The Bertz CT molecular complexity index is 691. The normalized spacial score (nSPS) is 21.0. The Morgan fingerprint density at radius 2 is 2.17 bits per heavy atom. The molecule has 2 unspecified atom stereocenters. The molecule has 2 N–H and O–H groups in total. The molecule has 2 rings (SSSR count). The van der Waals surface area contributed by atoms with E-state index in [0.717, 1.165) is 12.8 Å². The molecule has 1 aromatic carbocycles. The fourth-order valence-corrected chi connectivity index (χ4v) is 4.77. The summed E-state index contributed by atoms with van der Waals surface area (Å²) in [7, 11) is -2.46. The second-order valence-corrected chi connectivity index (χ2v) is 8.07. The van der Waals surface area contributed by atoms with Crippen LogP contribution < -0.4 is 5.73 Å². The molecule has 6 nitrogen and oxygen atoms in total. The second kappa shape index (κ2) is 7.17. The number of rotatable bonds is 4. The van der Waals surface area contributed by atoms with Gasteiger partial charge in [0.1, 0.15) is 4.90 Å². The predicted octanol–water partition coefficient (Wildman–Crippen LogP) is 1.87. The lowest BCUT2D eigenvalue weighted by molar-refractivity contribution is 0.0600. The van der Waals surface area contributed by atoms with Crippen molar-refractivity contribution in [3.8, 4) is 0 Å². The predicted molar refractivity (Wildman–Crippen MR) is 87.9 cm³/mol. The van der Waals surface area contributed by atoms with E-state index in [9.17, 15) is 13.2 Å². The van der Waals surface area contributed by atoms with Gasteiger partial charge in [0.15, 0.2) is 0 Å². The van der Waals surface area contributed by atoms with Crippen molar-refractivity contribution in [3.63, 3.8) is 0 Å². The van der Waals surface area contributed by atoms with Crippen molar-refractivity contribution < 1.29 is 17.9 Å². The Morgan fingerprint density at radius 3 is 2.74 bits per heavy atom. The molecule has 0 radical (unpaired) electrons. The number of methoxy groups -OCH3 is 1. The Hall–Kier alpha value is -1.15. The number of ether oxygens (including phenoxy) is 1. The van der Waals surface area contributed by atoms with E-state index >= 15 is 0 Å². The molecule has 1 saturated heterocycles. The summed E-state index contributed by atoms with van der Waals surface area (Å²) in [6, 6.07) is 4.00. The Morgan fingerprint density at radius 1 is 1.48 bits per heavy atom. The summed E-state index contributed by atoms with van der Waals surface area (Å²) in [5, 5.41) is 0.0100. The van der Waals surface area contributed by atoms with Crippen molar-refractivity contribution in [1.29, 1.82) is 0 Å². The molecule has 0 amide bonds. The quantitative estimate of drug-likeness (QED) is 0.828. The van der Waals surface area contributed by atoms with Crippen LogP contribution in [0.25, 0.3) is 0 Å². The monoisotopic (exact) mass is 360 g/mol. The summed E-state index contributed by atoms with van der Waals surface area (Å²) in [6.45, 7) is 2.72. The first-order chi connectivity index (χ1) is 10.8. The molecule has 1 aliphatic rings. The first kappa shape index (κ1) is 18.2. The second-order valence-electron chi connectivity index (χ2n) is 5.76. The standard InChI is InChI=1S/C15H21ClN2O4S/c1-10(17)12-4-3-7-18(9-12)23(20,21)14-6-5-11(8-13(14)16)15(19)22-2/h5-6,8,10,12H,3-4,7,9,17H2,1-2H3. The number of nitrogens with zero attached hydrogens (tertiary/aromatic N) is 1. The summed E-state index contributed by atoms with van der Waals surface area (Å²) in [5.41, 5.74) is 6.12. The van der Waals surface area contributed by atoms with Crippen LogP contribution in [0.4, 0.5) is 0 Å². The number of piperidine rings is 1. The van der Waals surface area contributed by atoms with Gasteiger partial charge in [-0.05, 0) is 43.9 Å². The Balaban J connectivity index is 2.31. The average Bonchev–Trinajstić information content (AvgIpc) is 2.53. The maximum absolute atomic E-state index is 12.8. The number of carbonyl (C=O) groups excluding carboxylic acids is 1. The van der Waals surface area contributed by atoms with E-state index in [-0.39, 0.29) is 27.4 Å². The van der Waals surface area contributed by atoms with Crippen LogP contribution in [0.3, 0.4) is 0 Å². The van der Waals surface area contributed by atoms with Crippen molar-refractivity contribution in [1.82, 2.24) is 4.31 Å². The zero-order valence-electron chi connectivity index (χ0n) is 13.2. The third-order valence-electron chi connectivity index (χ3n) is 4.13. The van der Waals surface area contributed by atoms with Crippen molar-refractivity contribution in [3.05, 3.63) is 28.8 Å². The minimum absolute atomic E-state index is 0.00264. The molecule has 128 valence electrons. The van der Waals surface area contributed by atoms with E-state index in [2.05, 4.69) is 4.74 Å². The van der Waals surface area contributed by atoms with Crippen LogP contribution >= 0.6 is 11.6 Å². The van der Waals surface area contributed by atoms with Gasteiger partial charge in [0.2, 0.25) is 10.0 Å². The Labute approximate surface area is 141 Å². The smallest absolute Gasteiger partial charge is 0.337 e. The van der Waals surface area contributed by atoms with Gasteiger partial charge in [-0.1, -0.05) is 11.6 Å². The number of carbonyl (C=O) groups is 1. The largest absolute Gasteiger partial charge is 0.465 e. The lowest BCUT2D eigenvalue weighted by atomic mass is 9.93. The van der Waals surface area contributed by atoms with E-state index in [1.54, 1.807) is 0 Å². The maximum Gasteiger partial charge on any atom is 0.337 e. The lowest BCUT2D eigenvalue weighted by Gasteiger charge is -2.33. The SMILES string of the molecule is COC(=O)c1ccc(S(=O)(=O)N2CCCC(C(C)N)C2)c(Cl)c1. The minimum Gasteiger partial charge on any atom is -0.465 e. The summed E-state index contributed by atoms with van der Waals surface area (Å²) >= 11 is 6.09. The summed E-state index contributed by atoms with van der Waals surface area (Å²) in [4.78, 5) is 11.5. The zero-order chi connectivity index (χ0) is 17.2. The molecule has 0 saturated carbocycles. The van der Waals surface area contributed by atoms with Gasteiger partial charge < -0.3 is 10.5 Å². The highest BCUT2D eigenvalue weighted by molar-refractivity contribution is 7.89. The summed E-state index contributed by atoms with van der Waals surface area (Å²) in [6.07, 6.45) is 1.68. The third kappa shape index (κ3) is 3.85. The highest BCUT2D eigenvalue weighted by atomic mass is 35.5. The van der Waals surface area contributed by atoms with Gasteiger partial charge in [-0.3, -0.25) is 0 Å². The van der Waals surface area contributed by atoms with Gasteiger partial charge in [0.05, 0.1) is 17.7 Å². The topological polar surface area (TPSA) is 89.7 Å². The highest BCUT2D eigenvalue weighted by Crippen LogP contribution is 2.29. The molecule has 8 heteroatoms. The maximum atomic E-state index is 12.8. The van der Waals surface area contributed by atoms with Crippen LogP contribution in [0.2, 0.25) is 5.02 Å². The third-order valence-corrected chi connectivity index (χ3v) is 6.48. The number of sulfonamides is 1. The van der Waals surface area contributed by atoms with Crippen LogP contribution in [0, 0.1) is 5.92 Å². The average molecular weight is 361 g/mol. The van der Waals surface area contributed by atoms with Crippen LogP contribution in [0.5, 0.6) is 0 Å². The first-order valence-electron chi connectivity index (χ1n) is 7.41. The highest BCUT2D eigenvalue weighted by Gasteiger charge is 2.33. The molecule has 2 atom stereocenters. The molecule has 1 aromatic rings. The lowest BCUT2D eigenvalue weighted by Crippen LogP contribution is -2.45. The molecule has 1 fully saturated rings. The number of halogens is 1. The number of hydrogen-bond acceptors (Lipinski definition) is 5. The van der Waals surface area contributed by atoms with Gasteiger partial charge in [-0.25, -0.2) is 13.2 Å². The van der Waals surface area contributed by atoms with Crippen LogP contribution in [0.1, 0.15) is 30.1 Å². The molecular formula is C15H21ClN2O4S. The molecule has 1 heterocycles. The van der Waals surface area contributed by atoms with Crippen LogP contribution in [-0.4, -0.2) is 44.9 Å². The number of nitrogens with two attached hydrogens (primary N) is 1. The van der Waals surface area contributed by atoms with Gasteiger partial charge in [0.25, 0.3) is 0 Å². The molecular weight excluding hydrogens is 340 g/mol. The van der Waals surface area contributed by atoms with E-state index in [0.29, 0.717) is 13.1 Å². The van der Waals surface area contributed by atoms with Crippen molar-refractivity contribution in [2.24, 2.45) is 11.7 Å². The molecule has 0 aromatic heterocycles. The molecule has 0 spiro atoms. The van der Waals surface area contributed by atoms with Gasteiger partial charge in [-0.2, -0.15) is 4.31 Å². The van der Waals surface area contributed by atoms with E-state index in [1.165, 1.54) is 29.6 Å². The summed E-state index contributed by atoms with van der Waals surface area (Å²) < 4.78 is 31.6. The van der Waals surface area contributed by atoms with E-state index in [4.69, 9.17) is 17.3 Å². The van der Waals surface area contributed by atoms with Gasteiger partial charge in [0, 0.05) is 19.1 Å². The van der Waals surface area contributed by atoms with Gasteiger partial charge in [-0.15, -0.1) is 0 Å². The minimum atomic E-state index is -3.71. The van der Waals surface area contributed by atoms with Crippen molar-refractivity contribution in [2.45, 2.75) is 30.7 Å². The van der Waals surface area contributed by atoms with Crippen LogP contribution in [-0.2, 0) is 14.8 Å². The fourth-order valence-electron chi connectivity index (χ4n) is 2.72. The fraction of sp³-hybridized carbons (Fsp3) is 0.533. The first-order valence-corrected chi connectivity index (χ1v) is 9.22. The summed E-state index contributed by atoms with van der Waals surface area (Å²) in [5.74, 6) is -0.433.